The Bertz CT molecular complexity index is 151. The van der Waals surface area contributed by atoms with Crippen molar-refractivity contribution in [1.82, 2.24) is 5.32 Å². The van der Waals surface area contributed by atoms with Gasteiger partial charge in [-0.3, -0.25) is 4.79 Å². The molecule has 3 N–H and O–H groups in total. The number of carboxylic acid groups (broad SMARTS) is 1. The molecule has 0 heterocycles. The van der Waals surface area contributed by atoms with Crippen molar-refractivity contribution in [1.29, 1.82) is 0 Å². The lowest BCUT2D eigenvalue weighted by Gasteiger charge is -2.02. The maximum Gasteiger partial charge on any atom is 0.303 e. The molecule has 0 fully saturated rings. The molecule has 90 valence electrons. The average molecular weight is 217 g/mol. The van der Waals surface area contributed by atoms with Gasteiger partial charge in [-0.1, -0.05) is 25.7 Å². The van der Waals surface area contributed by atoms with E-state index >= 15 is 0 Å². The molecule has 0 atom stereocenters. The predicted octanol–water partition coefficient (Wildman–Crippen LogP) is 1.38. The highest BCUT2D eigenvalue weighted by atomic mass is 16.4. The monoisotopic (exact) mass is 217 g/mol. The average Bonchev–Trinajstić information content (AvgIpc) is 2.20. The molecule has 0 radical (unpaired) electrons. The first-order valence-electron chi connectivity index (χ1n) is 5.80. The van der Waals surface area contributed by atoms with Gasteiger partial charge in [0.1, 0.15) is 0 Å². The van der Waals surface area contributed by atoms with E-state index in [1.807, 2.05) is 0 Å². The van der Waals surface area contributed by atoms with Crippen LogP contribution < -0.4 is 5.32 Å². The Morgan fingerprint density at radius 2 is 1.53 bits per heavy atom. The first kappa shape index (κ1) is 14.4. The van der Waals surface area contributed by atoms with E-state index in [-0.39, 0.29) is 6.61 Å². The van der Waals surface area contributed by atoms with Crippen LogP contribution in [0.4, 0.5) is 0 Å². The minimum absolute atomic E-state index is 0.204. The van der Waals surface area contributed by atoms with E-state index in [1.54, 1.807) is 0 Å². The summed E-state index contributed by atoms with van der Waals surface area (Å²) in [5.41, 5.74) is 0. The Morgan fingerprint density at radius 3 is 2.13 bits per heavy atom. The number of aliphatic hydroxyl groups excluding tert-OH is 1. The standard InChI is InChI=1S/C11H23NO3/c13-10-9-12-8-6-4-2-1-3-5-7-11(14)15/h12-13H,1-10H2,(H,14,15). The van der Waals surface area contributed by atoms with Crippen LogP contribution in [0.25, 0.3) is 0 Å². The topological polar surface area (TPSA) is 69.6 Å². The molecule has 0 aromatic rings. The molecule has 4 heteroatoms. The molecule has 0 rings (SSSR count). The quantitative estimate of drug-likeness (QED) is 0.457. The van der Waals surface area contributed by atoms with Gasteiger partial charge in [0.15, 0.2) is 0 Å². The van der Waals surface area contributed by atoms with E-state index in [2.05, 4.69) is 5.32 Å². The normalized spacial score (nSPS) is 10.5. The van der Waals surface area contributed by atoms with Crippen LogP contribution in [0.5, 0.6) is 0 Å². The summed E-state index contributed by atoms with van der Waals surface area (Å²) in [5.74, 6) is -0.691. The van der Waals surface area contributed by atoms with Crippen molar-refractivity contribution in [3.8, 4) is 0 Å². The second kappa shape index (κ2) is 11.5. The zero-order valence-corrected chi connectivity index (χ0v) is 9.37. The molecule has 0 aliphatic carbocycles. The van der Waals surface area contributed by atoms with Crippen LogP contribution >= 0.6 is 0 Å². The van der Waals surface area contributed by atoms with Crippen molar-refractivity contribution >= 4 is 5.97 Å². The summed E-state index contributed by atoms with van der Waals surface area (Å²) < 4.78 is 0. The van der Waals surface area contributed by atoms with Crippen molar-refractivity contribution in [2.45, 2.75) is 44.9 Å². The Balaban J connectivity index is 2.89. The summed E-state index contributed by atoms with van der Waals surface area (Å²) in [6.07, 6.45) is 6.77. The summed E-state index contributed by atoms with van der Waals surface area (Å²) >= 11 is 0. The van der Waals surface area contributed by atoms with Crippen LogP contribution in [0, 0.1) is 0 Å². The van der Waals surface area contributed by atoms with E-state index in [0.717, 1.165) is 32.2 Å². The van der Waals surface area contributed by atoms with E-state index in [1.165, 1.54) is 12.8 Å². The van der Waals surface area contributed by atoms with Gasteiger partial charge in [0.2, 0.25) is 0 Å². The lowest BCUT2D eigenvalue weighted by atomic mass is 10.1. The van der Waals surface area contributed by atoms with Crippen molar-refractivity contribution < 1.29 is 15.0 Å². The molecule has 0 aliphatic rings. The Kier molecular flexibility index (Phi) is 11.0. The molecule has 15 heavy (non-hydrogen) atoms. The van der Waals surface area contributed by atoms with E-state index in [4.69, 9.17) is 10.2 Å². The van der Waals surface area contributed by atoms with Crippen LogP contribution in [0.15, 0.2) is 0 Å². The molecule has 0 aromatic heterocycles. The SMILES string of the molecule is O=C(O)CCCCCCCCNCCO. The Hall–Kier alpha value is -0.610. The van der Waals surface area contributed by atoms with E-state index in [0.29, 0.717) is 13.0 Å². The van der Waals surface area contributed by atoms with Gasteiger partial charge in [0.05, 0.1) is 6.61 Å². The maximum absolute atomic E-state index is 10.2. The van der Waals surface area contributed by atoms with Crippen LogP contribution in [0.2, 0.25) is 0 Å². The van der Waals surface area contributed by atoms with Crippen LogP contribution in [0.3, 0.4) is 0 Å². The van der Waals surface area contributed by atoms with Crippen LogP contribution in [-0.4, -0.2) is 35.9 Å². The van der Waals surface area contributed by atoms with Gasteiger partial charge in [0.25, 0.3) is 0 Å². The molecule has 0 aliphatic heterocycles. The Labute approximate surface area is 91.7 Å². The molecular formula is C11H23NO3. The molecule has 0 aromatic carbocycles. The van der Waals surface area contributed by atoms with Gasteiger partial charge < -0.3 is 15.5 Å². The van der Waals surface area contributed by atoms with Gasteiger partial charge >= 0.3 is 5.97 Å². The third-order valence-corrected chi connectivity index (χ3v) is 2.28. The summed E-state index contributed by atoms with van der Waals surface area (Å²) in [5, 5.41) is 20.0. The number of nitrogens with one attached hydrogen (secondary N) is 1. The molecule has 4 nitrogen and oxygen atoms in total. The molecule has 0 saturated carbocycles. The highest BCUT2D eigenvalue weighted by Crippen LogP contribution is 2.06. The largest absolute Gasteiger partial charge is 0.481 e. The van der Waals surface area contributed by atoms with E-state index < -0.39 is 5.97 Å². The van der Waals surface area contributed by atoms with E-state index in [9.17, 15) is 4.79 Å². The number of aliphatic carboxylic acids is 1. The number of aliphatic hydroxyl groups is 1. The Morgan fingerprint density at radius 1 is 0.933 bits per heavy atom. The lowest BCUT2D eigenvalue weighted by Crippen LogP contribution is -2.19. The second-order valence-corrected chi connectivity index (χ2v) is 3.74. The van der Waals surface area contributed by atoms with Crippen molar-refractivity contribution in [3.63, 3.8) is 0 Å². The van der Waals surface area contributed by atoms with Crippen molar-refractivity contribution in [3.05, 3.63) is 0 Å². The summed E-state index contributed by atoms with van der Waals surface area (Å²) in [4.78, 5) is 10.2. The fourth-order valence-electron chi connectivity index (χ4n) is 1.44. The predicted molar refractivity (Wildman–Crippen MR) is 59.9 cm³/mol. The van der Waals surface area contributed by atoms with Crippen molar-refractivity contribution in [2.75, 3.05) is 19.7 Å². The number of rotatable bonds is 11. The smallest absolute Gasteiger partial charge is 0.303 e. The number of unbranched alkanes of at least 4 members (excludes halogenated alkanes) is 5. The number of carboxylic acids is 1. The molecule has 0 bridgehead atoms. The molecule has 0 saturated heterocycles. The second-order valence-electron chi connectivity index (χ2n) is 3.74. The lowest BCUT2D eigenvalue weighted by molar-refractivity contribution is -0.137. The highest BCUT2D eigenvalue weighted by molar-refractivity contribution is 5.66. The minimum Gasteiger partial charge on any atom is -0.481 e. The molecular weight excluding hydrogens is 194 g/mol. The van der Waals surface area contributed by atoms with Crippen molar-refractivity contribution in [2.24, 2.45) is 0 Å². The zero-order valence-electron chi connectivity index (χ0n) is 9.37. The number of hydrogen-bond donors (Lipinski definition) is 3. The number of carbonyl (C=O) groups is 1. The van der Waals surface area contributed by atoms with Gasteiger partial charge in [-0.15, -0.1) is 0 Å². The first-order chi connectivity index (χ1) is 7.27. The van der Waals surface area contributed by atoms with Crippen LogP contribution in [0.1, 0.15) is 44.9 Å². The third kappa shape index (κ3) is 13.4. The molecule has 0 amide bonds. The first-order valence-corrected chi connectivity index (χ1v) is 5.80. The maximum atomic E-state index is 10.2. The fourth-order valence-corrected chi connectivity index (χ4v) is 1.44. The highest BCUT2D eigenvalue weighted by Gasteiger charge is 1.96. The molecule has 0 spiro atoms. The minimum atomic E-state index is -0.691. The zero-order chi connectivity index (χ0) is 11.4. The fraction of sp³-hybridized carbons (Fsp3) is 0.909. The van der Waals surface area contributed by atoms with Gasteiger partial charge in [-0.05, 0) is 19.4 Å². The third-order valence-electron chi connectivity index (χ3n) is 2.28. The van der Waals surface area contributed by atoms with Crippen LogP contribution in [-0.2, 0) is 4.79 Å². The van der Waals surface area contributed by atoms with Gasteiger partial charge in [0, 0.05) is 13.0 Å². The number of hydrogen-bond acceptors (Lipinski definition) is 3. The summed E-state index contributed by atoms with van der Waals surface area (Å²) in [6.45, 7) is 1.85. The molecule has 0 unspecified atom stereocenters. The van der Waals surface area contributed by atoms with Gasteiger partial charge in [-0.25, -0.2) is 0 Å². The summed E-state index contributed by atoms with van der Waals surface area (Å²) in [6, 6.07) is 0. The van der Waals surface area contributed by atoms with Gasteiger partial charge in [-0.2, -0.15) is 0 Å². The summed E-state index contributed by atoms with van der Waals surface area (Å²) in [7, 11) is 0.